The molecule has 0 spiro atoms. The Morgan fingerprint density at radius 1 is 1.10 bits per heavy atom. The molecular formula is C26H24N2NaO7S3+. The molecule has 0 saturated heterocycles. The fourth-order valence-corrected chi connectivity index (χ4v) is 6.75. The van der Waals surface area contributed by atoms with Gasteiger partial charge in [-0.1, -0.05) is 48.6 Å². The number of aromatic nitrogens is 1. The molecule has 3 aromatic carbocycles. The Bertz CT molecular complexity index is 1860. The van der Waals surface area contributed by atoms with Gasteiger partial charge < -0.3 is 9.29 Å². The van der Waals surface area contributed by atoms with Crippen molar-refractivity contribution in [2.75, 3.05) is 10.8 Å². The van der Waals surface area contributed by atoms with Crippen molar-refractivity contribution < 1.29 is 64.8 Å². The first kappa shape index (κ1) is 29.7. The van der Waals surface area contributed by atoms with Gasteiger partial charge in [-0.05, 0) is 53.5 Å². The van der Waals surface area contributed by atoms with Gasteiger partial charge in [-0.25, -0.2) is 8.42 Å². The number of hydrogen-bond acceptors (Lipinski definition) is 8. The first-order valence-corrected chi connectivity index (χ1v) is 15.6. The average molecular weight is 596 g/mol. The summed E-state index contributed by atoms with van der Waals surface area (Å²) in [6.07, 6.45) is 3.90. The van der Waals surface area contributed by atoms with E-state index < -0.39 is 32.0 Å². The van der Waals surface area contributed by atoms with Crippen molar-refractivity contribution in [2.24, 2.45) is 0 Å². The van der Waals surface area contributed by atoms with E-state index in [-0.39, 0.29) is 35.4 Å². The molecule has 13 heteroatoms. The summed E-state index contributed by atoms with van der Waals surface area (Å²) in [4.78, 5) is 1.38. The summed E-state index contributed by atoms with van der Waals surface area (Å²) < 4.78 is 76.9. The van der Waals surface area contributed by atoms with Crippen molar-refractivity contribution in [3.8, 4) is 5.75 Å². The van der Waals surface area contributed by atoms with Crippen LogP contribution in [0.15, 0.2) is 72.1 Å². The van der Waals surface area contributed by atoms with Crippen molar-refractivity contribution in [3.05, 3.63) is 82.7 Å². The van der Waals surface area contributed by atoms with Gasteiger partial charge in [0.2, 0.25) is 17.3 Å². The standard InChI is InChI=1S/C26H24N2O7S3.Na/c1-3-18(12-26-28(16-38(32,33)34)22-10-17(2)8-9-24(22)36-26)11-25-27(15-37(29,30)31)21-13-19-6-4-5-7-20(19)14-23(21)35-25;/h4-14H,3,15-16H2,1-2H3,(H-,29,30,31,32,33,34);/q;+1. The SMILES string of the molecule is CCC(/C=C1\Oc2cc3ccccc3cc2N1CS(=O)(=O)O)=C\c1sc2ccc(C)cc2[n+]1CS(=O)(=O)[O-].[Na+]. The molecule has 0 unspecified atom stereocenters. The van der Waals surface area contributed by atoms with Gasteiger partial charge in [0, 0.05) is 18.2 Å². The summed E-state index contributed by atoms with van der Waals surface area (Å²) in [6.45, 7) is 3.77. The zero-order valence-corrected chi connectivity index (χ0v) is 25.9. The number of thiazole rings is 1. The predicted octanol–water partition coefficient (Wildman–Crippen LogP) is 1.54. The number of hydrogen-bond donors (Lipinski definition) is 1. The maximum absolute atomic E-state index is 11.9. The Balaban J connectivity index is 0.00000353. The van der Waals surface area contributed by atoms with Gasteiger partial charge in [-0.15, -0.1) is 0 Å². The number of anilines is 1. The molecule has 5 rings (SSSR count). The third kappa shape index (κ3) is 6.72. The molecule has 198 valence electrons. The molecule has 4 aromatic rings. The first-order chi connectivity index (χ1) is 17.9. The number of benzene rings is 3. The van der Waals surface area contributed by atoms with Crippen LogP contribution in [0.1, 0.15) is 23.9 Å². The molecule has 39 heavy (non-hydrogen) atoms. The third-order valence-corrected chi connectivity index (χ3v) is 8.36. The number of fused-ring (bicyclic) bond motifs is 3. The minimum absolute atomic E-state index is 0. The Kier molecular flexibility index (Phi) is 8.60. The van der Waals surface area contributed by atoms with Gasteiger partial charge in [-0.2, -0.15) is 13.0 Å². The maximum Gasteiger partial charge on any atom is 1.00 e. The molecule has 0 bridgehead atoms. The van der Waals surface area contributed by atoms with E-state index in [1.54, 1.807) is 24.3 Å². The minimum atomic E-state index is -4.58. The van der Waals surface area contributed by atoms with Crippen LogP contribution < -0.4 is 43.8 Å². The zero-order valence-electron chi connectivity index (χ0n) is 21.5. The number of nitrogens with zero attached hydrogens (tertiary/aromatic N) is 2. The Morgan fingerprint density at radius 3 is 2.44 bits per heavy atom. The van der Waals surface area contributed by atoms with Crippen LogP contribution in [0.25, 0.3) is 27.1 Å². The van der Waals surface area contributed by atoms with Crippen molar-refractivity contribution in [2.45, 2.75) is 26.1 Å². The molecule has 1 aliphatic rings. The first-order valence-electron chi connectivity index (χ1n) is 11.6. The van der Waals surface area contributed by atoms with Crippen molar-refractivity contribution in [1.82, 2.24) is 0 Å². The molecule has 1 N–H and O–H groups in total. The maximum atomic E-state index is 11.9. The van der Waals surface area contributed by atoms with Gasteiger partial charge in [-0.3, -0.25) is 9.45 Å². The predicted molar refractivity (Wildman–Crippen MR) is 146 cm³/mol. The molecule has 0 aliphatic carbocycles. The molecule has 1 aliphatic heterocycles. The Hall–Kier alpha value is -2.29. The van der Waals surface area contributed by atoms with Crippen molar-refractivity contribution in [1.29, 1.82) is 0 Å². The summed E-state index contributed by atoms with van der Waals surface area (Å²) in [5.41, 5.74) is 2.74. The van der Waals surface area contributed by atoms with E-state index in [4.69, 9.17) is 4.74 Å². The molecule has 1 aromatic heterocycles. The second kappa shape index (κ2) is 11.3. The average Bonchev–Trinajstić information content (AvgIpc) is 3.31. The number of aryl methyl sites for hydroxylation is 1. The molecule has 0 atom stereocenters. The molecular weight excluding hydrogens is 571 g/mol. The molecule has 0 radical (unpaired) electrons. The van der Waals surface area contributed by atoms with Gasteiger partial charge in [0.05, 0.1) is 5.69 Å². The number of ether oxygens (including phenoxy) is 1. The van der Waals surface area contributed by atoms with Gasteiger partial charge >= 0.3 is 29.6 Å². The van der Waals surface area contributed by atoms with E-state index in [2.05, 4.69) is 0 Å². The topological polar surface area (TPSA) is 128 Å². The van der Waals surface area contributed by atoms with E-state index in [9.17, 15) is 25.9 Å². The van der Waals surface area contributed by atoms with Gasteiger partial charge in [0.15, 0.2) is 21.7 Å². The molecule has 0 saturated carbocycles. The van der Waals surface area contributed by atoms with Crippen LogP contribution in [-0.4, -0.2) is 31.8 Å². The molecule has 0 fully saturated rings. The summed E-state index contributed by atoms with van der Waals surface area (Å²) in [7, 11) is -8.98. The second-order valence-corrected chi connectivity index (χ2v) is 12.8. The normalized spacial score (nSPS) is 15.0. The molecule has 0 amide bonds. The van der Waals surface area contributed by atoms with E-state index >= 15 is 0 Å². The Morgan fingerprint density at radius 2 is 1.79 bits per heavy atom. The zero-order chi connectivity index (χ0) is 27.2. The fourth-order valence-electron chi connectivity index (χ4n) is 4.36. The summed E-state index contributed by atoms with van der Waals surface area (Å²) in [5.74, 6) is -0.795. The van der Waals surface area contributed by atoms with Crippen molar-refractivity contribution in [3.63, 3.8) is 0 Å². The van der Waals surface area contributed by atoms with E-state index in [1.807, 2.05) is 56.3 Å². The molecule has 9 nitrogen and oxygen atoms in total. The summed E-state index contributed by atoms with van der Waals surface area (Å²) in [6, 6.07) is 16.8. The van der Waals surface area contributed by atoms with Crippen LogP contribution in [-0.2, 0) is 26.1 Å². The largest absolute Gasteiger partial charge is 1.00 e. The fraction of sp³-hybridized carbons (Fsp3) is 0.192. The van der Waals surface area contributed by atoms with E-state index in [0.29, 0.717) is 34.0 Å². The summed E-state index contributed by atoms with van der Waals surface area (Å²) in [5, 5.41) is 2.33. The van der Waals surface area contributed by atoms with E-state index in [0.717, 1.165) is 21.0 Å². The monoisotopic (exact) mass is 595 g/mol. The Labute approximate surface area is 252 Å². The molecule has 2 heterocycles. The van der Waals surface area contributed by atoms with Crippen LogP contribution in [0.4, 0.5) is 5.69 Å². The summed E-state index contributed by atoms with van der Waals surface area (Å²) >= 11 is 1.34. The number of allylic oxidation sites excluding steroid dienone is 2. The van der Waals surface area contributed by atoms with Crippen LogP contribution in [0.5, 0.6) is 5.75 Å². The van der Waals surface area contributed by atoms with Crippen LogP contribution in [0.3, 0.4) is 0 Å². The smallest absolute Gasteiger partial charge is 0.743 e. The van der Waals surface area contributed by atoms with Crippen LogP contribution in [0.2, 0.25) is 0 Å². The van der Waals surface area contributed by atoms with Crippen LogP contribution in [0, 0.1) is 6.92 Å². The minimum Gasteiger partial charge on any atom is -0.743 e. The van der Waals surface area contributed by atoms with Gasteiger partial charge in [0.25, 0.3) is 15.1 Å². The number of rotatable bonds is 7. The van der Waals surface area contributed by atoms with Crippen LogP contribution >= 0.6 is 11.3 Å². The quantitative estimate of drug-likeness (QED) is 0.194. The van der Waals surface area contributed by atoms with Gasteiger partial charge in [0.1, 0.15) is 4.70 Å². The van der Waals surface area contributed by atoms with E-state index in [1.165, 1.54) is 20.8 Å². The second-order valence-electron chi connectivity index (χ2n) is 8.99. The van der Waals surface area contributed by atoms with Crippen molar-refractivity contribution >= 4 is 64.3 Å². The third-order valence-electron chi connectivity index (χ3n) is 6.09.